The molecule has 1 heterocycles. The standard InChI is InChI=1S/C11H12BrNO4/c1-2-3-4-8(11(15)16)13-10(14)9-7(12)5-6-17-9/h2-3,5-6,8H,4H2,1H3,(H,13,14)(H,15,16)/b3-2+. The van der Waals surface area contributed by atoms with Crippen molar-refractivity contribution in [1.29, 1.82) is 0 Å². The number of hydrogen-bond donors (Lipinski definition) is 2. The van der Waals surface area contributed by atoms with E-state index in [0.29, 0.717) is 4.47 Å². The lowest BCUT2D eigenvalue weighted by molar-refractivity contribution is -0.139. The summed E-state index contributed by atoms with van der Waals surface area (Å²) < 4.78 is 5.43. The Morgan fingerprint density at radius 1 is 1.65 bits per heavy atom. The number of halogens is 1. The Hall–Kier alpha value is -1.56. The Morgan fingerprint density at radius 3 is 2.82 bits per heavy atom. The Kier molecular flexibility index (Phi) is 4.96. The third kappa shape index (κ3) is 3.74. The molecular weight excluding hydrogens is 290 g/mol. The van der Waals surface area contributed by atoms with Gasteiger partial charge in [-0.1, -0.05) is 12.2 Å². The molecule has 0 bridgehead atoms. The average molecular weight is 302 g/mol. The third-order valence-corrected chi connectivity index (χ3v) is 2.66. The first-order valence-electron chi connectivity index (χ1n) is 4.94. The molecule has 1 atom stereocenters. The minimum Gasteiger partial charge on any atom is -0.480 e. The van der Waals surface area contributed by atoms with Gasteiger partial charge in [-0.25, -0.2) is 4.79 Å². The Balaban J connectivity index is 2.71. The fourth-order valence-corrected chi connectivity index (χ4v) is 1.55. The van der Waals surface area contributed by atoms with Crippen molar-refractivity contribution in [2.45, 2.75) is 19.4 Å². The van der Waals surface area contributed by atoms with Crippen molar-refractivity contribution in [3.05, 3.63) is 34.7 Å². The average Bonchev–Trinajstić information content (AvgIpc) is 2.70. The predicted molar refractivity (Wildman–Crippen MR) is 64.7 cm³/mol. The second-order valence-corrected chi connectivity index (χ2v) is 4.12. The number of aliphatic carboxylic acids is 1. The van der Waals surface area contributed by atoms with E-state index in [9.17, 15) is 9.59 Å². The number of carboxylic acids is 1. The summed E-state index contributed by atoms with van der Waals surface area (Å²) in [7, 11) is 0. The van der Waals surface area contributed by atoms with Gasteiger partial charge in [0.05, 0.1) is 10.7 Å². The molecule has 0 fully saturated rings. The fraction of sp³-hybridized carbons (Fsp3) is 0.273. The summed E-state index contributed by atoms with van der Waals surface area (Å²) in [6.45, 7) is 1.78. The number of carboxylic acid groups (broad SMARTS) is 1. The zero-order valence-electron chi connectivity index (χ0n) is 9.14. The van der Waals surface area contributed by atoms with Crippen molar-refractivity contribution in [2.24, 2.45) is 0 Å². The van der Waals surface area contributed by atoms with Crippen LogP contribution in [0.2, 0.25) is 0 Å². The second-order valence-electron chi connectivity index (χ2n) is 3.27. The highest BCUT2D eigenvalue weighted by Gasteiger charge is 2.22. The molecule has 0 saturated carbocycles. The molecule has 17 heavy (non-hydrogen) atoms. The summed E-state index contributed by atoms with van der Waals surface area (Å²) in [4.78, 5) is 22.6. The van der Waals surface area contributed by atoms with E-state index >= 15 is 0 Å². The van der Waals surface area contributed by atoms with Gasteiger partial charge in [-0.15, -0.1) is 0 Å². The van der Waals surface area contributed by atoms with Crippen LogP contribution in [0.3, 0.4) is 0 Å². The topological polar surface area (TPSA) is 79.5 Å². The molecule has 0 aromatic carbocycles. The number of furan rings is 1. The van der Waals surface area contributed by atoms with Gasteiger partial charge in [0.15, 0.2) is 0 Å². The van der Waals surface area contributed by atoms with Crippen LogP contribution in [0.15, 0.2) is 33.4 Å². The van der Waals surface area contributed by atoms with Crippen LogP contribution in [0.5, 0.6) is 0 Å². The van der Waals surface area contributed by atoms with Crippen molar-refractivity contribution in [3.8, 4) is 0 Å². The van der Waals surface area contributed by atoms with Crippen LogP contribution in [0.25, 0.3) is 0 Å². The molecule has 0 radical (unpaired) electrons. The van der Waals surface area contributed by atoms with E-state index in [-0.39, 0.29) is 12.2 Å². The van der Waals surface area contributed by atoms with Gasteiger partial charge in [-0.05, 0) is 35.3 Å². The van der Waals surface area contributed by atoms with E-state index in [4.69, 9.17) is 9.52 Å². The normalized spacial score (nSPS) is 12.6. The number of carbonyl (C=O) groups excluding carboxylic acids is 1. The van der Waals surface area contributed by atoms with Crippen molar-refractivity contribution in [2.75, 3.05) is 0 Å². The quantitative estimate of drug-likeness (QED) is 0.817. The zero-order valence-corrected chi connectivity index (χ0v) is 10.7. The molecule has 1 unspecified atom stereocenters. The van der Waals surface area contributed by atoms with E-state index in [0.717, 1.165) is 0 Å². The van der Waals surface area contributed by atoms with Gasteiger partial charge in [0.25, 0.3) is 5.91 Å². The lowest BCUT2D eigenvalue weighted by Gasteiger charge is -2.11. The smallest absolute Gasteiger partial charge is 0.326 e. The molecule has 0 aliphatic rings. The highest BCUT2D eigenvalue weighted by molar-refractivity contribution is 9.10. The molecule has 0 spiro atoms. The van der Waals surface area contributed by atoms with Gasteiger partial charge in [-0.2, -0.15) is 0 Å². The van der Waals surface area contributed by atoms with Crippen LogP contribution in [-0.4, -0.2) is 23.0 Å². The summed E-state index contributed by atoms with van der Waals surface area (Å²) >= 11 is 3.13. The molecule has 92 valence electrons. The maximum Gasteiger partial charge on any atom is 0.326 e. The summed E-state index contributed by atoms with van der Waals surface area (Å²) in [5, 5.41) is 11.3. The van der Waals surface area contributed by atoms with E-state index in [1.807, 2.05) is 0 Å². The van der Waals surface area contributed by atoms with Crippen LogP contribution < -0.4 is 5.32 Å². The molecule has 1 aromatic rings. The first-order chi connectivity index (χ1) is 8.06. The van der Waals surface area contributed by atoms with Gasteiger partial charge < -0.3 is 14.8 Å². The number of rotatable bonds is 5. The van der Waals surface area contributed by atoms with E-state index in [2.05, 4.69) is 21.2 Å². The molecule has 0 saturated heterocycles. The van der Waals surface area contributed by atoms with Crippen LogP contribution >= 0.6 is 15.9 Å². The van der Waals surface area contributed by atoms with E-state index in [1.54, 1.807) is 25.1 Å². The Bertz CT molecular complexity index is 438. The highest BCUT2D eigenvalue weighted by atomic mass is 79.9. The maximum absolute atomic E-state index is 11.7. The van der Waals surface area contributed by atoms with Crippen molar-refractivity contribution in [1.82, 2.24) is 5.32 Å². The highest BCUT2D eigenvalue weighted by Crippen LogP contribution is 2.17. The number of nitrogens with one attached hydrogen (secondary N) is 1. The van der Waals surface area contributed by atoms with Crippen LogP contribution in [0, 0.1) is 0 Å². The maximum atomic E-state index is 11.7. The van der Waals surface area contributed by atoms with Crippen molar-refractivity contribution < 1.29 is 19.1 Å². The first kappa shape index (κ1) is 13.5. The molecule has 1 amide bonds. The molecule has 1 rings (SSSR count). The van der Waals surface area contributed by atoms with Crippen LogP contribution in [0.1, 0.15) is 23.9 Å². The lowest BCUT2D eigenvalue weighted by atomic mass is 10.2. The summed E-state index contributed by atoms with van der Waals surface area (Å²) in [5.41, 5.74) is 0. The SMILES string of the molecule is C/C=C/CC(NC(=O)c1occc1Br)C(=O)O. The number of carbonyl (C=O) groups is 2. The van der Waals surface area contributed by atoms with Crippen LogP contribution in [-0.2, 0) is 4.79 Å². The lowest BCUT2D eigenvalue weighted by Crippen LogP contribution is -2.40. The molecule has 6 heteroatoms. The summed E-state index contributed by atoms with van der Waals surface area (Å²) in [6, 6.07) is 0.604. The Labute approximate surface area is 107 Å². The molecular formula is C11H12BrNO4. The third-order valence-electron chi connectivity index (χ3n) is 2.03. The summed E-state index contributed by atoms with van der Waals surface area (Å²) in [5.74, 6) is -1.57. The van der Waals surface area contributed by atoms with Gasteiger partial charge in [0, 0.05) is 0 Å². The Morgan fingerprint density at radius 2 is 2.35 bits per heavy atom. The van der Waals surface area contributed by atoms with Gasteiger partial charge in [0.1, 0.15) is 6.04 Å². The molecule has 0 aliphatic carbocycles. The van der Waals surface area contributed by atoms with Crippen molar-refractivity contribution >= 4 is 27.8 Å². The molecule has 2 N–H and O–H groups in total. The first-order valence-corrected chi connectivity index (χ1v) is 5.73. The summed E-state index contributed by atoms with van der Waals surface area (Å²) in [6.07, 6.45) is 4.98. The zero-order chi connectivity index (χ0) is 12.8. The van der Waals surface area contributed by atoms with E-state index in [1.165, 1.54) is 6.26 Å². The van der Waals surface area contributed by atoms with Crippen molar-refractivity contribution in [3.63, 3.8) is 0 Å². The van der Waals surface area contributed by atoms with Gasteiger partial charge in [-0.3, -0.25) is 4.79 Å². The molecule has 1 aromatic heterocycles. The van der Waals surface area contributed by atoms with E-state index < -0.39 is 17.9 Å². The van der Waals surface area contributed by atoms with Crippen LogP contribution in [0.4, 0.5) is 0 Å². The second kappa shape index (κ2) is 6.24. The monoisotopic (exact) mass is 301 g/mol. The van der Waals surface area contributed by atoms with Gasteiger partial charge >= 0.3 is 5.97 Å². The minimum atomic E-state index is -1.08. The number of allylic oxidation sites excluding steroid dienone is 1. The molecule has 5 nitrogen and oxygen atoms in total. The fourth-order valence-electron chi connectivity index (χ4n) is 1.17. The largest absolute Gasteiger partial charge is 0.480 e. The minimum absolute atomic E-state index is 0.0664. The van der Waals surface area contributed by atoms with Gasteiger partial charge in [0.2, 0.25) is 5.76 Å². The predicted octanol–water partition coefficient (Wildman–Crippen LogP) is 2.19. The number of hydrogen-bond acceptors (Lipinski definition) is 3. The number of amides is 1. The molecule has 0 aliphatic heterocycles.